The molecule has 1 aromatic carbocycles. The molecule has 3 rings (SSSR count). The number of carbonyl (C=O) groups excluding carboxylic acids is 1. The van der Waals surface area contributed by atoms with E-state index in [4.69, 9.17) is 4.74 Å². The summed E-state index contributed by atoms with van der Waals surface area (Å²) in [4.78, 5) is 25.0. The zero-order valence-electron chi connectivity index (χ0n) is 15.3. The Morgan fingerprint density at radius 1 is 1.18 bits per heavy atom. The second kappa shape index (κ2) is 8.91. The molecular formula is C18H19FN6O3. The fourth-order valence-corrected chi connectivity index (χ4v) is 2.54. The number of aromatic amines is 1. The van der Waals surface area contributed by atoms with Crippen molar-refractivity contribution in [1.82, 2.24) is 25.6 Å². The predicted molar refractivity (Wildman–Crippen MR) is 98.7 cm³/mol. The second-order valence-corrected chi connectivity index (χ2v) is 5.81. The number of halogens is 1. The van der Waals surface area contributed by atoms with Crippen molar-refractivity contribution in [3.63, 3.8) is 0 Å². The summed E-state index contributed by atoms with van der Waals surface area (Å²) in [5.74, 6) is -0.568. The van der Waals surface area contributed by atoms with Gasteiger partial charge in [-0.25, -0.2) is 19.8 Å². The maximum absolute atomic E-state index is 14.5. The lowest BCUT2D eigenvalue weighted by Crippen LogP contribution is -2.22. The van der Waals surface area contributed by atoms with Crippen LogP contribution >= 0.6 is 0 Å². The number of H-pyrrole nitrogens is 1. The SMILES string of the molecule is CONC(=O)c1cc(CCc2cnc(Nc3cn[nH]c3)nc2)c(F)c(OC)c1. The van der Waals surface area contributed by atoms with Gasteiger partial charge in [0.1, 0.15) is 0 Å². The van der Waals surface area contributed by atoms with Gasteiger partial charge in [0.05, 0.1) is 26.1 Å². The summed E-state index contributed by atoms with van der Waals surface area (Å²) >= 11 is 0. The fraction of sp³-hybridized carbons (Fsp3) is 0.222. The molecule has 0 saturated carbocycles. The van der Waals surface area contributed by atoms with Crippen LogP contribution in [-0.2, 0) is 17.7 Å². The summed E-state index contributed by atoms with van der Waals surface area (Å²) in [6.07, 6.45) is 7.44. The first-order valence-electron chi connectivity index (χ1n) is 8.37. The van der Waals surface area contributed by atoms with Crippen LogP contribution in [0.3, 0.4) is 0 Å². The van der Waals surface area contributed by atoms with Crippen LogP contribution in [-0.4, -0.2) is 40.3 Å². The third-order valence-electron chi connectivity index (χ3n) is 3.93. The molecule has 28 heavy (non-hydrogen) atoms. The van der Waals surface area contributed by atoms with E-state index in [0.29, 0.717) is 24.4 Å². The average molecular weight is 386 g/mol. The smallest absolute Gasteiger partial charge is 0.274 e. The van der Waals surface area contributed by atoms with Gasteiger partial charge in [0, 0.05) is 24.2 Å². The molecule has 0 spiro atoms. The van der Waals surface area contributed by atoms with Crippen LogP contribution in [0.15, 0.2) is 36.9 Å². The van der Waals surface area contributed by atoms with Crippen molar-refractivity contribution < 1.29 is 18.8 Å². The van der Waals surface area contributed by atoms with Gasteiger partial charge in [0.25, 0.3) is 5.91 Å². The third-order valence-corrected chi connectivity index (χ3v) is 3.93. The van der Waals surface area contributed by atoms with Crippen molar-refractivity contribution in [3.05, 3.63) is 59.4 Å². The fourth-order valence-electron chi connectivity index (χ4n) is 2.54. The Bertz CT molecular complexity index is 931. The molecule has 2 aromatic heterocycles. The highest BCUT2D eigenvalue weighted by Gasteiger charge is 2.16. The quantitative estimate of drug-likeness (QED) is 0.508. The number of hydrogen-bond donors (Lipinski definition) is 3. The number of methoxy groups -OCH3 is 1. The summed E-state index contributed by atoms with van der Waals surface area (Å²) in [5.41, 5.74) is 4.36. The molecule has 0 bridgehead atoms. The molecule has 10 heteroatoms. The van der Waals surface area contributed by atoms with Gasteiger partial charge in [-0.2, -0.15) is 5.10 Å². The number of carbonyl (C=O) groups is 1. The van der Waals surface area contributed by atoms with E-state index in [9.17, 15) is 9.18 Å². The van der Waals surface area contributed by atoms with Crippen LogP contribution in [0.5, 0.6) is 5.75 Å². The van der Waals surface area contributed by atoms with E-state index >= 15 is 0 Å². The minimum absolute atomic E-state index is 0.00494. The van der Waals surface area contributed by atoms with Crippen molar-refractivity contribution in [2.24, 2.45) is 0 Å². The molecule has 0 aliphatic carbocycles. The van der Waals surface area contributed by atoms with Gasteiger partial charge >= 0.3 is 0 Å². The molecule has 0 saturated heterocycles. The van der Waals surface area contributed by atoms with Crippen molar-refractivity contribution >= 4 is 17.5 Å². The number of anilines is 2. The minimum atomic E-state index is -0.504. The summed E-state index contributed by atoms with van der Waals surface area (Å²) in [5, 5.41) is 9.50. The van der Waals surface area contributed by atoms with Crippen molar-refractivity contribution in [3.8, 4) is 5.75 Å². The Morgan fingerprint density at radius 2 is 1.96 bits per heavy atom. The topological polar surface area (TPSA) is 114 Å². The maximum Gasteiger partial charge on any atom is 0.274 e. The number of rotatable bonds is 8. The summed E-state index contributed by atoms with van der Waals surface area (Å²) < 4.78 is 19.6. The molecule has 1 amide bonds. The van der Waals surface area contributed by atoms with Gasteiger partial charge < -0.3 is 10.1 Å². The van der Waals surface area contributed by atoms with Crippen LogP contribution in [0.2, 0.25) is 0 Å². The molecule has 0 atom stereocenters. The van der Waals surface area contributed by atoms with E-state index in [-0.39, 0.29) is 11.3 Å². The lowest BCUT2D eigenvalue weighted by molar-refractivity contribution is 0.0537. The highest BCUT2D eigenvalue weighted by atomic mass is 19.1. The van der Waals surface area contributed by atoms with E-state index < -0.39 is 11.7 Å². The number of nitrogens with one attached hydrogen (secondary N) is 3. The lowest BCUT2D eigenvalue weighted by Gasteiger charge is -2.11. The largest absolute Gasteiger partial charge is 0.494 e. The van der Waals surface area contributed by atoms with Crippen LogP contribution in [0.25, 0.3) is 0 Å². The van der Waals surface area contributed by atoms with Crippen molar-refractivity contribution in [2.75, 3.05) is 19.5 Å². The lowest BCUT2D eigenvalue weighted by atomic mass is 10.0. The van der Waals surface area contributed by atoms with Gasteiger partial charge in [-0.3, -0.25) is 14.7 Å². The zero-order valence-corrected chi connectivity index (χ0v) is 15.3. The normalized spacial score (nSPS) is 10.5. The molecule has 0 aliphatic rings. The van der Waals surface area contributed by atoms with E-state index in [1.54, 1.807) is 24.8 Å². The summed E-state index contributed by atoms with van der Waals surface area (Å²) in [7, 11) is 2.67. The maximum atomic E-state index is 14.5. The van der Waals surface area contributed by atoms with Gasteiger partial charge in [0.15, 0.2) is 11.6 Å². The van der Waals surface area contributed by atoms with Gasteiger partial charge in [0.2, 0.25) is 5.95 Å². The highest BCUT2D eigenvalue weighted by Crippen LogP contribution is 2.24. The summed E-state index contributed by atoms with van der Waals surface area (Å²) in [6.45, 7) is 0. The van der Waals surface area contributed by atoms with E-state index in [1.807, 2.05) is 0 Å². The molecule has 0 aliphatic heterocycles. The number of hydroxylamine groups is 1. The minimum Gasteiger partial charge on any atom is -0.494 e. The molecule has 3 aromatic rings. The zero-order chi connectivity index (χ0) is 19.9. The standard InChI is InChI=1S/C18H19FN6O3/c1-27-15-6-13(17(26)25-28-2)5-12(16(15)19)4-3-11-7-20-18(21-8-11)24-14-9-22-23-10-14/h5-10H,3-4H2,1-2H3,(H,22,23)(H,25,26)(H,20,21,24). The monoisotopic (exact) mass is 386 g/mol. The number of hydrogen-bond acceptors (Lipinski definition) is 7. The Kier molecular flexibility index (Phi) is 6.12. The average Bonchev–Trinajstić information content (AvgIpc) is 3.21. The Morgan fingerprint density at radius 3 is 2.61 bits per heavy atom. The van der Waals surface area contributed by atoms with Gasteiger partial charge in [-0.05, 0) is 36.1 Å². The Balaban J connectivity index is 1.70. The Hall–Kier alpha value is -3.53. The molecule has 0 radical (unpaired) electrons. The molecular weight excluding hydrogens is 367 g/mol. The predicted octanol–water partition coefficient (Wildman–Crippen LogP) is 2.17. The highest BCUT2D eigenvalue weighted by molar-refractivity contribution is 5.94. The number of benzene rings is 1. The van der Waals surface area contributed by atoms with E-state index in [0.717, 1.165) is 11.3 Å². The first-order valence-corrected chi connectivity index (χ1v) is 8.37. The second-order valence-electron chi connectivity index (χ2n) is 5.81. The number of aromatic nitrogens is 4. The number of ether oxygens (including phenoxy) is 1. The summed E-state index contributed by atoms with van der Waals surface area (Å²) in [6, 6.07) is 2.80. The van der Waals surface area contributed by atoms with Crippen LogP contribution in [0.1, 0.15) is 21.5 Å². The molecule has 3 N–H and O–H groups in total. The number of nitrogens with zero attached hydrogens (tertiary/aromatic N) is 3. The number of amides is 1. The molecule has 2 heterocycles. The molecule has 0 unspecified atom stereocenters. The third kappa shape index (κ3) is 4.60. The van der Waals surface area contributed by atoms with Gasteiger partial charge in [-0.1, -0.05) is 0 Å². The van der Waals surface area contributed by atoms with Crippen LogP contribution in [0.4, 0.5) is 16.0 Å². The molecule has 0 fully saturated rings. The molecule has 9 nitrogen and oxygen atoms in total. The molecule has 146 valence electrons. The first kappa shape index (κ1) is 19.2. The number of aryl methyl sites for hydroxylation is 2. The first-order chi connectivity index (χ1) is 13.6. The van der Waals surface area contributed by atoms with E-state index in [1.165, 1.54) is 26.4 Å². The van der Waals surface area contributed by atoms with E-state index in [2.05, 4.69) is 35.8 Å². The Labute approximate surface area is 160 Å². The van der Waals surface area contributed by atoms with Crippen LogP contribution in [0, 0.1) is 5.82 Å². The van der Waals surface area contributed by atoms with Crippen molar-refractivity contribution in [2.45, 2.75) is 12.8 Å². The van der Waals surface area contributed by atoms with Gasteiger partial charge in [-0.15, -0.1) is 0 Å². The van der Waals surface area contributed by atoms with Crippen LogP contribution < -0.4 is 15.5 Å². The van der Waals surface area contributed by atoms with Crippen molar-refractivity contribution in [1.29, 1.82) is 0 Å².